The van der Waals surface area contributed by atoms with Gasteiger partial charge >= 0.3 is 0 Å². The molecular weight excluding hydrogens is 152 g/mol. The molecule has 0 aromatic rings. The largest absolute Gasteiger partial charge is 0.372 e. The lowest BCUT2D eigenvalue weighted by molar-refractivity contribution is 0.105. The molecule has 1 unspecified atom stereocenters. The smallest absolute Gasteiger partial charge is 0.155 e. The van der Waals surface area contributed by atoms with E-state index in [2.05, 4.69) is 6.58 Å². The lowest BCUT2D eigenvalue weighted by atomic mass is 10.4. The molecule has 0 saturated carbocycles. The van der Waals surface area contributed by atoms with Crippen LogP contribution in [0, 0.1) is 0 Å². The van der Waals surface area contributed by atoms with Gasteiger partial charge < -0.3 is 4.74 Å². The average molecular weight is 162 g/mol. The first-order chi connectivity index (χ1) is 4.64. The lowest BCUT2D eigenvalue weighted by Crippen LogP contribution is -2.32. The molecule has 4 heteroatoms. The third-order valence-corrected chi connectivity index (χ3v) is 3.03. The van der Waals surface area contributed by atoms with Crippen molar-refractivity contribution >= 4 is 9.84 Å². The summed E-state index contributed by atoms with van der Waals surface area (Å²) < 4.78 is 26.8. The molecule has 1 atom stereocenters. The normalized spacial score (nSPS) is 31.4. The number of ether oxygens (including phenoxy) is 1. The van der Waals surface area contributed by atoms with Crippen molar-refractivity contribution in [1.82, 2.24) is 0 Å². The average Bonchev–Trinajstić information content (AvgIpc) is 1.86. The Hall–Kier alpha value is -0.350. The Morgan fingerprint density at radius 3 is 2.70 bits per heavy atom. The molecule has 0 aliphatic carbocycles. The third kappa shape index (κ3) is 1.82. The first kappa shape index (κ1) is 7.75. The van der Waals surface area contributed by atoms with E-state index in [4.69, 9.17) is 4.74 Å². The van der Waals surface area contributed by atoms with E-state index < -0.39 is 9.84 Å². The van der Waals surface area contributed by atoms with Crippen molar-refractivity contribution < 1.29 is 13.2 Å². The maximum atomic E-state index is 10.9. The minimum Gasteiger partial charge on any atom is -0.372 e. The van der Waals surface area contributed by atoms with E-state index in [1.165, 1.54) is 6.08 Å². The van der Waals surface area contributed by atoms with Gasteiger partial charge in [0.25, 0.3) is 0 Å². The number of sulfone groups is 1. The molecule has 1 fully saturated rings. The summed E-state index contributed by atoms with van der Waals surface area (Å²) in [6.45, 7) is 3.77. The van der Waals surface area contributed by atoms with Crippen LogP contribution >= 0.6 is 0 Å². The highest BCUT2D eigenvalue weighted by Gasteiger charge is 2.22. The van der Waals surface area contributed by atoms with Gasteiger partial charge in [-0.15, -0.1) is 6.58 Å². The quantitative estimate of drug-likeness (QED) is 0.509. The van der Waals surface area contributed by atoms with E-state index >= 15 is 0 Å². The van der Waals surface area contributed by atoms with E-state index in [0.29, 0.717) is 6.61 Å². The Balaban J connectivity index is 2.65. The molecule has 0 amide bonds. The summed E-state index contributed by atoms with van der Waals surface area (Å²) in [4.78, 5) is 0. The van der Waals surface area contributed by atoms with Crippen molar-refractivity contribution in [3.05, 3.63) is 12.7 Å². The molecule has 1 saturated heterocycles. The zero-order valence-electron chi connectivity index (χ0n) is 5.62. The maximum Gasteiger partial charge on any atom is 0.155 e. The molecule has 0 N–H and O–H groups in total. The lowest BCUT2D eigenvalue weighted by Gasteiger charge is -2.19. The van der Waals surface area contributed by atoms with Crippen LogP contribution in [-0.4, -0.2) is 32.6 Å². The monoisotopic (exact) mass is 162 g/mol. The molecule has 58 valence electrons. The summed E-state index contributed by atoms with van der Waals surface area (Å²) in [6.07, 6.45) is 1.23. The van der Waals surface area contributed by atoms with Gasteiger partial charge in [-0.3, -0.25) is 0 Å². The first-order valence-corrected chi connectivity index (χ1v) is 4.91. The summed E-state index contributed by atoms with van der Waals surface area (Å²) in [6, 6.07) is 0. The Morgan fingerprint density at radius 2 is 2.30 bits per heavy atom. The van der Waals surface area contributed by atoms with Crippen LogP contribution in [0.2, 0.25) is 0 Å². The fourth-order valence-corrected chi connectivity index (χ4v) is 2.09. The van der Waals surface area contributed by atoms with Crippen LogP contribution in [0.5, 0.6) is 0 Å². The van der Waals surface area contributed by atoms with Gasteiger partial charge in [0.05, 0.1) is 24.2 Å². The molecule has 1 aliphatic heterocycles. The molecule has 0 aromatic carbocycles. The molecule has 0 radical (unpaired) electrons. The fraction of sp³-hybridized carbons (Fsp3) is 0.667. The molecule has 10 heavy (non-hydrogen) atoms. The van der Waals surface area contributed by atoms with Gasteiger partial charge in [0.15, 0.2) is 9.84 Å². The Morgan fingerprint density at radius 1 is 1.60 bits per heavy atom. The van der Waals surface area contributed by atoms with Crippen LogP contribution in [0.3, 0.4) is 0 Å². The van der Waals surface area contributed by atoms with Crippen LogP contribution in [0.1, 0.15) is 0 Å². The SMILES string of the molecule is C=CC1CS(=O)(=O)CCO1. The van der Waals surface area contributed by atoms with Gasteiger partial charge in [0.2, 0.25) is 0 Å². The minimum atomic E-state index is -2.84. The van der Waals surface area contributed by atoms with Crippen molar-refractivity contribution in [2.45, 2.75) is 6.10 Å². The van der Waals surface area contributed by atoms with Crippen molar-refractivity contribution in [2.75, 3.05) is 18.1 Å². The van der Waals surface area contributed by atoms with Gasteiger partial charge in [0, 0.05) is 0 Å². The van der Waals surface area contributed by atoms with Gasteiger partial charge in [-0.1, -0.05) is 6.08 Å². The number of hydrogen-bond acceptors (Lipinski definition) is 3. The Kier molecular flexibility index (Phi) is 2.11. The van der Waals surface area contributed by atoms with Crippen LogP contribution in [0.15, 0.2) is 12.7 Å². The molecule has 0 bridgehead atoms. The van der Waals surface area contributed by atoms with E-state index in [9.17, 15) is 8.42 Å². The summed E-state index contributed by atoms with van der Waals surface area (Å²) in [7, 11) is -2.84. The minimum absolute atomic E-state index is 0.0938. The molecular formula is C6H10O3S. The zero-order valence-corrected chi connectivity index (χ0v) is 6.43. The van der Waals surface area contributed by atoms with Gasteiger partial charge in [-0.25, -0.2) is 8.42 Å². The van der Waals surface area contributed by atoms with Crippen molar-refractivity contribution in [3.8, 4) is 0 Å². The number of hydrogen-bond donors (Lipinski definition) is 0. The van der Waals surface area contributed by atoms with Crippen LogP contribution in [0.25, 0.3) is 0 Å². The summed E-state index contributed by atoms with van der Waals surface area (Å²) in [5.41, 5.74) is 0. The van der Waals surface area contributed by atoms with Gasteiger partial charge in [0.1, 0.15) is 0 Å². The van der Waals surface area contributed by atoms with Gasteiger partial charge in [-0.05, 0) is 0 Å². The van der Waals surface area contributed by atoms with E-state index in [1.54, 1.807) is 0 Å². The van der Waals surface area contributed by atoms with Crippen LogP contribution < -0.4 is 0 Å². The molecule has 1 heterocycles. The first-order valence-electron chi connectivity index (χ1n) is 3.08. The van der Waals surface area contributed by atoms with E-state index in [-0.39, 0.29) is 17.6 Å². The molecule has 0 aromatic heterocycles. The van der Waals surface area contributed by atoms with E-state index in [1.807, 2.05) is 0 Å². The van der Waals surface area contributed by atoms with Crippen molar-refractivity contribution in [1.29, 1.82) is 0 Å². The molecule has 1 aliphatic rings. The van der Waals surface area contributed by atoms with Gasteiger partial charge in [-0.2, -0.15) is 0 Å². The topological polar surface area (TPSA) is 43.4 Å². The second-order valence-electron chi connectivity index (χ2n) is 2.26. The second kappa shape index (κ2) is 2.72. The summed E-state index contributed by atoms with van der Waals surface area (Å²) >= 11 is 0. The second-order valence-corrected chi connectivity index (χ2v) is 4.49. The molecule has 0 spiro atoms. The maximum absolute atomic E-state index is 10.9. The highest BCUT2D eigenvalue weighted by Crippen LogP contribution is 2.06. The highest BCUT2D eigenvalue weighted by atomic mass is 32.2. The zero-order chi connectivity index (χ0) is 7.61. The Bertz CT molecular complexity index is 217. The third-order valence-electron chi connectivity index (χ3n) is 1.41. The number of rotatable bonds is 1. The predicted molar refractivity (Wildman–Crippen MR) is 38.6 cm³/mol. The standard InChI is InChI=1S/C6H10O3S/c1-2-6-5-10(7,8)4-3-9-6/h2,6H,1,3-5H2. The highest BCUT2D eigenvalue weighted by molar-refractivity contribution is 7.91. The summed E-state index contributed by atoms with van der Waals surface area (Å²) in [5, 5.41) is 0. The van der Waals surface area contributed by atoms with Crippen LogP contribution in [0.4, 0.5) is 0 Å². The van der Waals surface area contributed by atoms with Crippen molar-refractivity contribution in [3.63, 3.8) is 0 Å². The summed E-state index contributed by atoms with van der Waals surface area (Å²) in [5.74, 6) is 0.244. The van der Waals surface area contributed by atoms with Crippen LogP contribution in [-0.2, 0) is 14.6 Å². The van der Waals surface area contributed by atoms with Crippen molar-refractivity contribution in [2.24, 2.45) is 0 Å². The van der Waals surface area contributed by atoms with E-state index in [0.717, 1.165) is 0 Å². The fourth-order valence-electron chi connectivity index (χ4n) is 0.844. The molecule has 3 nitrogen and oxygen atoms in total. The Labute approximate surface area is 60.6 Å². The molecule has 1 rings (SSSR count). The predicted octanol–water partition coefficient (Wildman–Crippen LogP) is -0.0140.